The molecule has 1 atom stereocenters. The van der Waals surface area contributed by atoms with Crippen molar-refractivity contribution >= 4 is 17.9 Å². The number of unbranched alkanes of at least 4 members (excludes halogenated alkanes) is 23. The van der Waals surface area contributed by atoms with Crippen LogP contribution >= 0.6 is 0 Å². The fourth-order valence-electron chi connectivity index (χ4n) is 7.24. The summed E-state index contributed by atoms with van der Waals surface area (Å²) in [5, 5.41) is 0. The van der Waals surface area contributed by atoms with Crippen molar-refractivity contribution in [1.82, 2.24) is 0 Å². The van der Waals surface area contributed by atoms with Crippen LogP contribution in [0, 0.1) is 0 Å². The Kier molecular flexibility index (Phi) is 52.5. The zero-order chi connectivity index (χ0) is 50.0. The van der Waals surface area contributed by atoms with Gasteiger partial charge < -0.3 is 14.2 Å². The summed E-state index contributed by atoms with van der Waals surface area (Å²) >= 11 is 0. The largest absolute Gasteiger partial charge is 0.462 e. The maximum atomic E-state index is 12.9. The number of esters is 3. The van der Waals surface area contributed by atoms with Crippen LogP contribution in [-0.2, 0) is 28.6 Å². The molecule has 0 spiro atoms. The van der Waals surface area contributed by atoms with E-state index in [1.165, 1.54) is 103 Å². The second kappa shape index (κ2) is 56.1. The van der Waals surface area contributed by atoms with Crippen LogP contribution in [0.4, 0.5) is 0 Å². The molecular weight excluding hydrogens is 853 g/mol. The van der Waals surface area contributed by atoms with E-state index in [1.807, 2.05) is 72.9 Å². The van der Waals surface area contributed by atoms with Crippen molar-refractivity contribution < 1.29 is 28.6 Å². The maximum Gasteiger partial charge on any atom is 0.306 e. The Morgan fingerprint density at radius 2 is 0.580 bits per heavy atom. The monoisotopic (exact) mass is 953 g/mol. The number of hydrogen-bond donors (Lipinski definition) is 0. The van der Waals surface area contributed by atoms with E-state index in [-0.39, 0.29) is 31.1 Å². The fraction of sp³-hybridized carbons (Fsp3) is 0.603. The molecule has 0 heterocycles. The minimum Gasteiger partial charge on any atom is -0.462 e. The molecule has 0 aromatic rings. The van der Waals surface area contributed by atoms with Gasteiger partial charge in [0.05, 0.1) is 0 Å². The van der Waals surface area contributed by atoms with Gasteiger partial charge in [-0.25, -0.2) is 0 Å². The van der Waals surface area contributed by atoms with Crippen molar-refractivity contribution in [3.05, 3.63) is 134 Å². The first-order valence-electron chi connectivity index (χ1n) is 27.8. The molecule has 0 aliphatic rings. The molecule has 0 aromatic carbocycles. The van der Waals surface area contributed by atoms with Crippen molar-refractivity contribution in [3.8, 4) is 0 Å². The topological polar surface area (TPSA) is 78.9 Å². The van der Waals surface area contributed by atoms with E-state index in [4.69, 9.17) is 14.2 Å². The predicted molar refractivity (Wildman–Crippen MR) is 297 cm³/mol. The molecule has 1 unspecified atom stereocenters. The van der Waals surface area contributed by atoms with Crippen LogP contribution in [0.15, 0.2) is 134 Å². The Morgan fingerprint density at radius 1 is 0.304 bits per heavy atom. The van der Waals surface area contributed by atoms with Crippen LogP contribution in [0.5, 0.6) is 0 Å². The number of ether oxygens (including phenoxy) is 3. The van der Waals surface area contributed by atoms with Gasteiger partial charge in [-0.05, 0) is 83.5 Å². The molecule has 0 radical (unpaired) electrons. The smallest absolute Gasteiger partial charge is 0.306 e. The summed E-state index contributed by atoms with van der Waals surface area (Å²) in [6.45, 7) is 6.30. The molecule has 0 saturated carbocycles. The Balaban J connectivity index is 4.53. The summed E-state index contributed by atoms with van der Waals surface area (Å²) in [6.07, 6.45) is 78.6. The SMILES string of the molecule is CC\C=C/C=C\C=C/C=C\C=C\C=C/C=C\CCCCCC(=O)OCC(COC(=O)CCCCCCCCC\C=C/C=C\C=C/CC)OC(=O)CCCCCCCCC/C=C\CCCCCCCC. The Hall–Kier alpha value is -4.45. The van der Waals surface area contributed by atoms with E-state index in [9.17, 15) is 14.4 Å². The zero-order valence-electron chi connectivity index (χ0n) is 44.3. The number of allylic oxidation sites excluding steroid dienone is 22. The lowest BCUT2D eigenvalue weighted by Gasteiger charge is -2.18. The van der Waals surface area contributed by atoms with Crippen molar-refractivity contribution in [2.75, 3.05) is 13.2 Å². The average molecular weight is 953 g/mol. The molecule has 0 N–H and O–H groups in total. The van der Waals surface area contributed by atoms with Crippen LogP contribution in [0.25, 0.3) is 0 Å². The van der Waals surface area contributed by atoms with Crippen LogP contribution in [0.1, 0.15) is 226 Å². The first-order chi connectivity index (χ1) is 34.0. The maximum absolute atomic E-state index is 12.9. The zero-order valence-corrected chi connectivity index (χ0v) is 44.3. The van der Waals surface area contributed by atoms with Gasteiger partial charge in [-0.1, -0.05) is 257 Å². The van der Waals surface area contributed by atoms with Gasteiger partial charge in [0.15, 0.2) is 6.10 Å². The molecule has 6 heteroatoms. The molecule has 0 bridgehead atoms. The molecule has 0 fully saturated rings. The highest BCUT2D eigenvalue weighted by atomic mass is 16.6. The third-order valence-corrected chi connectivity index (χ3v) is 11.4. The lowest BCUT2D eigenvalue weighted by atomic mass is 10.1. The first-order valence-corrected chi connectivity index (χ1v) is 27.8. The van der Waals surface area contributed by atoms with Crippen molar-refractivity contribution in [2.45, 2.75) is 232 Å². The second-order valence-corrected chi connectivity index (χ2v) is 18.0. The Labute approximate surface area is 424 Å². The number of carbonyl (C=O) groups excluding carboxylic acids is 3. The quantitative estimate of drug-likeness (QED) is 0.0199. The minimum absolute atomic E-state index is 0.106. The van der Waals surface area contributed by atoms with Crippen LogP contribution < -0.4 is 0 Å². The van der Waals surface area contributed by atoms with Crippen LogP contribution in [0.2, 0.25) is 0 Å². The predicted octanol–water partition coefficient (Wildman–Crippen LogP) is 18.6. The molecule has 0 aliphatic heterocycles. The van der Waals surface area contributed by atoms with Crippen LogP contribution in [0.3, 0.4) is 0 Å². The average Bonchev–Trinajstić information content (AvgIpc) is 3.35. The highest BCUT2D eigenvalue weighted by Crippen LogP contribution is 2.14. The van der Waals surface area contributed by atoms with Gasteiger partial charge in [0, 0.05) is 19.3 Å². The number of rotatable bonds is 48. The third-order valence-electron chi connectivity index (χ3n) is 11.4. The summed E-state index contributed by atoms with van der Waals surface area (Å²) in [5.41, 5.74) is 0. The summed E-state index contributed by atoms with van der Waals surface area (Å²) in [6, 6.07) is 0. The minimum atomic E-state index is -0.810. The van der Waals surface area contributed by atoms with Gasteiger partial charge in [-0.15, -0.1) is 0 Å². The van der Waals surface area contributed by atoms with E-state index >= 15 is 0 Å². The normalized spacial score (nSPS) is 13.1. The standard InChI is InChI=1S/C63H100O6/c1-4-7-10-13-16-19-22-25-28-30-31-33-35-38-41-44-47-50-53-56-62(65)68-59-60(58-67-61(64)55-52-49-46-43-40-37-34-27-24-21-18-15-12-9-6-3)69-63(66)57-54-51-48-45-42-39-36-32-29-26-23-20-17-14-11-8-5-2/h7,9-10,12-13,15-16,18-19,21-22,24-26,28-31,33,35,38,41,60H,4-6,8,11,14,17,20,23,27,32,34,36-37,39-40,42-59H2,1-3H3/b10-7-,12-9-,16-13-,18-15-,22-19-,24-21-,28-25-,29-26-,31-30+,35-33-,41-38-. The number of hydrogen-bond acceptors (Lipinski definition) is 6. The molecule has 0 aromatic heterocycles. The Bertz CT molecular complexity index is 1510. The van der Waals surface area contributed by atoms with Gasteiger partial charge in [0.25, 0.3) is 0 Å². The second-order valence-electron chi connectivity index (χ2n) is 18.0. The molecule has 69 heavy (non-hydrogen) atoms. The highest BCUT2D eigenvalue weighted by Gasteiger charge is 2.19. The van der Waals surface area contributed by atoms with Crippen molar-refractivity contribution in [1.29, 1.82) is 0 Å². The molecule has 6 nitrogen and oxygen atoms in total. The number of carbonyl (C=O) groups is 3. The van der Waals surface area contributed by atoms with E-state index in [1.54, 1.807) is 0 Å². The van der Waals surface area contributed by atoms with E-state index < -0.39 is 6.10 Å². The van der Waals surface area contributed by atoms with Gasteiger partial charge in [0.1, 0.15) is 13.2 Å². The van der Waals surface area contributed by atoms with E-state index in [0.29, 0.717) is 19.3 Å². The van der Waals surface area contributed by atoms with Gasteiger partial charge in [-0.3, -0.25) is 14.4 Å². The highest BCUT2D eigenvalue weighted by molar-refractivity contribution is 5.71. The summed E-state index contributed by atoms with van der Waals surface area (Å²) in [4.78, 5) is 38.1. The molecular formula is C63H100O6. The van der Waals surface area contributed by atoms with Gasteiger partial charge in [-0.2, -0.15) is 0 Å². The fourth-order valence-corrected chi connectivity index (χ4v) is 7.24. The summed E-state index contributed by atoms with van der Waals surface area (Å²) in [5.74, 6) is -0.972. The van der Waals surface area contributed by atoms with Crippen molar-refractivity contribution in [3.63, 3.8) is 0 Å². The van der Waals surface area contributed by atoms with E-state index in [2.05, 4.69) is 81.5 Å². The first kappa shape index (κ1) is 64.5. The molecule has 0 amide bonds. The molecule has 388 valence electrons. The summed E-state index contributed by atoms with van der Waals surface area (Å²) in [7, 11) is 0. The lowest BCUT2D eigenvalue weighted by Crippen LogP contribution is -2.30. The van der Waals surface area contributed by atoms with Gasteiger partial charge in [0.2, 0.25) is 0 Å². The molecule has 0 saturated heterocycles. The summed E-state index contributed by atoms with van der Waals surface area (Å²) < 4.78 is 16.8. The lowest BCUT2D eigenvalue weighted by molar-refractivity contribution is -0.167. The molecule has 0 aliphatic carbocycles. The Morgan fingerprint density at radius 3 is 0.942 bits per heavy atom. The van der Waals surface area contributed by atoms with E-state index in [0.717, 1.165) is 83.5 Å². The third kappa shape index (κ3) is 54.4. The van der Waals surface area contributed by atoms with Gasteiger partial charge >= 0.3 is 17.9 Å². The van der Waals surface area contributed by atoms with Crippen LogP contribution in [-0.4, -0.2) is 37.2 Å². The van der Waals surface area contributed by atoms with Crippen molar-refractivity contribution in [2.24, 2.45) is 0 Å². The molecule has 0 rings (SSSR count).